The standard InChI is InChI=1S/C10H21NOS2/c1-10(12,8-13-2)7-11-5-9-3-4-14-6-9/h9,11-12H,3-8H2,1-2H3/t9-,10-/m0/s1. The third-order valence-corrected chi connectivity index (χ3v) is 4.56. The third kappa shape index (κ3) is 4.91. The van der Waals surface area contributed by atoms with Gasteiger partial charge in [0.05, 0.1) is 5.60 Å². The van der Waals surface area contributed by atoms with Gasteiger partial charge in [-0.2, -0.15) is 23.5 Å². The second kappa shape index (κ2) is 6.26. The van der Waals surface area contributed by atoms with E-state index in [1.807, 2.05) is 24.9 Å². The fourth-order valence-corrected chi connectivity index (χ4v) is 3.66. The van der Waals surface area contributed by atoms with E-state index >= 15 is 0 Å². The quantitative estimate of drug-likeness (QED) is 0.730. The van der Waals surface area contributed by atoms with Crippen molar-refractivity contribution in [2.24, 2.45) is 5.92 Å². The van der Waals surface area contributed by atoms with Crippen LogP contribution in [0.2, 0.25) is 0 Å². The lowest BCUT2D eigenvalue weighted by atomic mass is 10.1. The highest BCUT2D eigenvalue weighted by Gasteiger charge is 2.20. The molecule has 1 saturated heterocycles. The Balaban J connectivity index is 2.07. The molecular weight excluding hydrogens is 214 g/mol. The topological polar surface area (TPSA) is 32.3 Å². The lowest BCUT2D eigenvalue weighted by molar-refractivity contribution is 0.0841. The van der Waals surface area contributed by atoms with Crippen molar-refractivity contribution in [1.29, 1.82) is 0 Å². The van der Waals surface area contributed by atoms with Gasteiger partial charge in [0, 0.05) is 12.3 Å². The zero-order chi connectivity index (χ0) is 10.4. The smallest absolute Gasteiger partial charge is 0.0833 e. The van der Waals surface area contributed by atoms with Crippen LogP contribution in [-0.4, -0.2) is 47.3 Å². The van der Waals surface area contributed by atoms with Crippen LogP contribution in [0.5, 0.6) is 0 Å². The van der Waals surface area contributed by atoms with Gasteiger partial charge in [0.2, 0.25) is 0 Å². The molecule has 14 heavy (non-hydrogen) atoms. The van der Waals surface area contributed by atoms with Crippen LogP contribution in [0.3, 0.4) is 0 Å². The summed E-state index contributed by atoms with van der Waals surface area (Å²) in [5.74, 6) is 4.23. The van der Waals surface area contributed by atoms with Gasteiger partial charge in [0.1, 0.15) is 0 Å². The summed E-state index contributed by atoms with van der Waals surface area (Å²) < 4.78 is 0. The normalized spacial score (nSPS) is 26.4. The van der Waals surface area contributed by atoms with Crippen LogP contribution >= 0.6 is 23.5 Å². The lowest BCUT2D eigenvalue weighted by Crippen LogP contribution is -2.41. The van der Waals surface area contributed by atoms with E-state index in [0.29, 0.717) is 0 Å². The summed E-state index contributed by atoms with van der Waals surface area (Å²) >= 11 is 3.74. The van der Waals surface area contributed by atoms with E-state index in [9.17, 15) is 5.11 Å². The maximum absolute atomic E-state index is 9.90. The molecule has 84 valence electrons. The van der Waals surface area contributed by atoms with Crippen LogP contribution in [0.15, 0.2) is 0 Å². The van der Waals surface area contributed by atoms with E-state index in [2.05, 4.69) is 5.32 Å². The Labute approximate surface area is 95.6 Å². The van der Waals surface area contributed by atoms with Crippen molar-refractivity contribution >= 4 is 23.5 Å². The first-order valence-electron chi connectivity index (χ1n) is 5.14. The van der Waals surface area contributed by atoms with Gasteiger partial charge >= 0.3 is 0 Å². The number of aliphatic hydroxyl groups is 1. The molecule has 2 atom stereocenters. The fourth-order valence-electron chi connectivity index (χ4n) is 1.65. The summed E-state index contributed by atoms with van der Waals surface area (Å²) in [6, 6.07) is 0. The van der Waals surface area contributed by atoms with E-state index in [4.69, 9.17) is 0 Å². The Kier molecular flexibility index (Phi) is 5.67. The van der Waals surface area contributed by atoms with Crippen LogP contribution in [-0.2, 0) is 0 Å². The van der Waals surface area contributed by atoms with Crippen molar-refractivity contribution in [2.45, 2.75) is 18.9 Å². The zero-order valence-electron chi connectivity index (χ0n) is 9.08. The van der Waals surface area contributed by atoms with E-state index in [1.165, 1.54) is 17.9 Å². The van der Waals surface area contributed by atoms with E-state index < -0.39 is 5.60 Å². The summed E-state index contributed by atoms with van der Waals surface area (Å²) in [5, 5.41) is 13.3. The Bertz CT molecular complexity index is 158. The van der Waals surface area contributed by atoms with Gasteiger partial charge in [0.15, 0.2) is 0 Å². The lowest BCUT2D eigenvalue weighted by Gasteiger charge is -2.23. The number of hydrogen-bond acceptors (Lipinski definition) is 4. The number of nitrogens with one attached hydrogen (secondary N) is 1. The number of thioether (sulfide) groups is 2. The summed E-state index contributed by atoms with van der Waals surface area (Å²) in [6.45, 7) is 3.69. The minimum Gasteiger partial charge on any atom is -0.388 e. The molecule has 1 aliphatic heterocycles. The van der Waals surface area contributed by atoms with Crippen molar-refractivity contribution in [2.75, 3.05) is 36.6 Å². The molecule has 0 unspecified atom stereocenters. The first-order valence-corrected chi connectivity index (χ1v) is 7.69. The molecule has 1 heterocycles. The summed E-state index contributed by atoms with van der Waals surface area (Å²) in [7, 11) is 0. The van der Waals surface area contributed by atoms with Crippen molar-refractivity contribution in [1.82, 2.24) is 5.32 Å². The fraction of sp³-hybridized carbons (Fsp3) is 1.00. The summed E-state index contributed by atoms with van der Waals surface area (Å²) in [4.78, 5) is 0. The van der Waals surface area contributed by atoms with E-state index in [0.717, 1.165) is 24.8 Å². The second-order valence-electron chi connectivity index (χ2n) is 4.29. The van der Waals surface area contributed by atoms with Gasteiger partial charge in [-0.15, -0.1) is 0 Å². The van der Waals surface area contributed by atoms with E-state index in [-0.39, 0.29) is 0 Å². The minimum atomic E-state index is -0.550. The van der Waals surface area contributed by atoms with Crippen LogP contribution in [0.4, 0.5) is 0 Å². The SMILES string of the molecule is CSC[C@@](C)(O)CNC[C@@H]1CCSC1. The van der Waals surface area contributed by atoms with Gasteiger partial charge in [-0.25, -0.2) is 0 Å². The predicted molar refractivity (Wildman–Crippen MR) is 67.3 cm³/mol. The predicted octanol–water partition coefficient (Wildman–Crippen LogP) is 1.44. The summed E-state index contributed by atoms with van der Waals surface area (Å²) in [6.07, 6.45) is 3.37. The van der Waals surface area contributed by atoms with Gasteiger partial charge in [-0.05, 0) is 43.6 Å². The summed E-state index contributed by atoms with van der Waals surface area (Å²) in [5.41, 5.74) is -0.550. The molecule has 2 nitrogen and oxygen atoms in total. The molecule has 0 bridgehead atoms. The molecular formula is C10H21NOS2. The maximum atomic E-state index is 9.90. The van der Waals surface area contributed by atoms with Gasteiger partial charge in [-0.1, -0.05) is 0 Å². The Morgan fingerprint density at radius 2 is 2.43 bits per heavy atom. The highest BCUT2D eigenvalue weighted by atomic mass is 32.2. The first-order chi connectivity index (χ1) is 6.64. The van der Waals surface area contributed by atoms with Gasteiger partial charge in [-0.3, -0.25) is 0 Å². The maximum Gasteiger partial charge on any atom is 0.0833 e. The number of hydrogen-bond donors (Lipinski definition) is 2. The van der Waals surface area contributed by atoms with Crippen LogP contribution in [0.25, 0.3) is 0 Å². The third-order valence-electron chi connectivity index (χ3n) is 2.42. The highest BCUT2D eigenvalue weighted by Crippen LogP contribution is 2.22. The van der Waals surface area contributed by atoms with Crippen molar-refractivity contribution in [3.05, 3.63) is 0 Å². The Morgan fingerprint density at radius 3 is 3.00 bits per heavy atom. The average molecular weight is 235 g/mol. The molecule has 0 aromatic carbocycles. The Hall–Kier alpha value is 0.620. The molecule has 1 rings (SSSR count). The average Bonchev–Trinajstić information content (AvgIpc) is 2.56. The van der Waals surface area contributed by atoms with Crippen molar-refractivity contribution < 1.29 is 5.11 Å². The monoisotopic (exact) mass is 235 g/mol. The molecule has 4 heteroatoms. The molecule has 0 spiro atoms. The molecule has 1 aliphatic rings. The molecule has 0 aromatic heterocycles. The molecule has 0 aliphatic carbocycles. The Morgan fingerprint density at radius 1 is 1.64 bits per heavy atom. The highest BCUT2D eigenvalue weighted by molar-refractivity contribution is 7.99. The minimum absolute atomic E-state index is 0.550. The van der Waals surface area contributed by atoms with Crippen molar-refractivity contribution in [3.63, 3.8) is 0 Å². The molecule has 2 N–H and O–H groups in total. The first kappa shape index (κ1) is 12.7. The van der Waals surface area contributed by atoms with Crippen molar-refractivity contribution in [3.8, 4) is 0 Å². The molecule has 0 saturated carbocycles. The van der Waals surface area contributed by atoms with Crippen LogP contribution < -0.4 is 5.32 Å². The molecule has 0 amide bonds. The molecule has 1 fully saturated rings. The van der Waals surface area contributed by atoms with Gasteiger partial charge in [0.25, 0.3) is 0 Å². The largest absolute Gasteiger partial charge is 0.388 e. The zero-order valence-corrected chi connectivity index (χ0v) is 10.7. The van der Waals surface area contributed by atoms with Crippen LogP contribution in [0, 0.1) is 5.92 Å². The second-order valence-corrected chi connectivity index (χ2v) is 6.31. The molecule has 0 radical (unpaired) electrons. The number of rotatable bonds is 6. The van der Waals surface area contributed by atoms with E-state index in [1.54, 1.807) is 11.8 Å². The van der Waals surface area contributed by atoms with Crippen LogP contribution in [0.1, 0.15) is 13.3 Å². The van der Waals surface area contributed by atoms with Gasteiger partial charge < -0.3 is 10.4 Å². The molecule has 0 aromatic rings.